The van der Waals surface area contributed by atoms with Crippen LogP contribution < -0.4 is 5.73 Å². The third-order valence-electron chi connectivity index (χ3n) is 2.56. The number of carbonyl (C=O) groups excluding carboxylic acids is 1. The molecule has 19 heavy (non-hydrogen) atoms. The molecule has 0 heterocycles. The number of non-ortho nitro benzene ring substituents is 1. The van der Waals surface area contributed by atoms with Gasteiger partial charge in [0.15, 0.2) is 0 Å². The number of esters is 1. The van der Waals surface area contributed by atoms with Crippen LogP contribution in [-0.4, -0.2) is 16.9 Å². The van der Waals surface area contributed by atoms with Gasteiger partial charge in [-0.25, -0.2) is 0 Å². The molecule has 104 valence electrons. The van der Waals surface area contributed by atoms with E-state index in [9.17, 15) is 14.9 Å². The third kappa shape index (κ3) is 5.05. The molecule has 1 rings (SSSR count). The second kappa shape index (κ2) is 6.84. The molecule has 0 bridgehead atoms. The molecular formula is C13H18N2O4. The zero-order valence-corrected chi connectivity index (χ0v) is 11.0. The van der Waals surface area contributed by atoms with E-state index in [1.807, 2.05) is 13.8 Å². The molecule has 1 atom stereocenters. The van der Waals surface area contributed by atoms with Crippen molar-refractivity contribution in [1.82, 2.24) is 0 Å². The molecule has 0 radical (unpaired) electrons. The Hall–Kier alpha value is -1.95. The van der Waals surface area contributed by atoms with Gasteiger partial charge in [0.25, 0.3) is 5.69 Å². The van der Waals surface area contributed by atoms with Crippen LogP contribution >= 0.6 is 0 Å². The normalized spacial score (nSPS) is 12.2. The highest BCUT2D eigenvalue weighted by molar-refractivity contribution is 5.75. The predicted octanol–water partition coefficient (Wildman–Crippen LogP) is 2.01. The van der Waals surface area contributed by atoms with E-state index in [-0.39, 0.29) is 12.3 Å². The monoisotopic (exact) mass is 266 g/mol. The lowest BCUT2D eigenvalue weighted by molar-refractivity contribution is -0.384. The molecule has 0 saturated carbocycles. The van der Waals surface area contributed by atoms with Gasteiger partial charge in [-0.2, -0.15) is 0 Å². The Morgan fingerprint density at radius 1 is 1.37 bits per heavy atom. The van der Waals surface area contributed by atoms with E-state index in [1.54, 1.807) is 12.1 Å². The van der Waals surface area contributed by atoms with Gasteiger partial charge in [-0.15, -0.1) is 0 Å². The highest BCUT2D eigenvalue weighted by Gasteiger charge is 2.16. The molecule has 6 nitrogen and oxygen atoms in total. The molecule has 1 aromatic carbocycles. The largest absolute Gasteiger partial charge is 0.460 e. The molecule has 1 aromatic rings. The van der Waals surface area contributed by atoms with E-state index in [2.05, 4.69) is 0 Å². The summed E-state index contributed by atoms with van der Waals surface area (Å²) in [5.74, 6) is -0.131. The fraction of sp³-hybridized carbons (Fsp3) is 0.462. The van der Waals surface area contributed by atoms with Crippen LogP contribution in [-0.2, 0) is 16.1 Å². The number of hydrogen-bond donors (Lipinski definition) is 1. The number of nitro benzene ring substituents is 1. The molecule has 0 aliphatic carbocycles. The summed E-state index contributed by atoms with van der Waals surface area (Å²) in [5, 5.41) is 10.5. The first-order valence-corrected chi connectivity index (χ1v) is 6.05. The van der Waals surface area contributed by atoms with Crippen LogP contribution in [0.1, 0.15) is 25.8 Å². The highest BCUT2D eigenvalue weighted by atomic mass is 16.6. The minimum absolute atomic E-state index is 0.00610. The quantitative estimate of drug-likeness (QED) is 0.482. The Labute approximate surface area is 111 Å². The molecule has 0 unspecified atom stereocenters. The van der Waals surface area contributed by atoms with Gasteiger partial charge in [0, 0.05) is 12.1 Å². The summed E-state index contributed by atoms with van der Waals surface area (Å²) < 4.78 is 5.06. The van der Waals surface area contributed by atoms with Crippen molar-refractivity contribution in [3.8, 4) is 0 Å². The molecule has 0 amide bonds. The number of benzene rings is 1. The summed E-state index contributed by atoms with van der Waals surface area (Å²) in [6.45, 7) is 4.02. The van der Waals surface area contributed by atoms with E-state index in [1.165, 1.54) is 12.1 Å². The van der Waals surface area contributed by atoms with Crippen LogP contribution in [0.3, 0.4) is 0 Å². The average molecular weight is 266 g/mol. The van der Waals surface area contributed by atoms with Crippen molar-refractivity contribution in [2.24, 2.45) is 11.7 Å². The number of carbonyl (C=O) groups is 1. The van der Waals surface area contributed by atoms with Gasteiger partial charge in [0.1, 0.15) is 12.6 Å². The Morgan fingerprint density at radius 2 is 1.95 bits per heavy atom. The molecule has 0 aromatic heterocycles. The van der Waals surface area contributed by atoms with Crippen LogP contribution in [0.5, 0.6) is 0 Å². The topological polar surface area (TPSA) is 95.5 Å². The minimum atomic E-state index is -0.627. The van der Waals surface area contributed by atoms with Crippen LogP contribution in [0, 0.1) is 16.0 Å². The number of nitrogens with two attached hydrogens (primary N) is 1. The summed E-state index contributed by atoms with van der Waals surface area (Å²) in [6.07, 6.45) is 0.569. The lowest BCUT2D eigenvalue weighted by Crippen LogP contribution is -2.33. The van der Waals surface area contributed by atoms with Crippen molar-refractivity contribution < 1.29 is 14.5 Å². The minimum Gasteiger partial charge on any atom is -0.460 e. The zero-order valence-electron chi connectivity index (χ0n) is 11.0. The van der Waals surface area contributed by atoms with Crippen molar-refractivity contribution in [3.63, 3.8) is 0 Å². The first-order valence-electron chi connectivity index (χ1n) is 6.05. The highest BCUT2D eigenvalue weighted by Crippen LogP contribution is 2.13. The molecular weight excluding hydrogens is 248 g/mol. The molecule has 0 aliphatic heterocycles. The van der Waals surface area contributed by atoms with Crippen molar-refractivity contribution in [2.45, 2.75) is 32.9 Å². The smallest absolute Gasteiger partial charge is 0.323 e. The van der Waals surface area contributed by atoms with Crippen molar-refractivity contribution in [1.29, 1.82) is 0 Å². The van der Waals surface area contributed by atoms with Crippen LogP contribution in [0.25, 0.3) is 0 Å². The van der Waals surface area contributed by atoms with Gasteiger partial charge in [-0.3, -0.25) is 14.9 Å². The van der Waals surface area contributed by atoms with Crippen molar-refractivity contribution >= 4 is 11.7 Å². The van der Waals surface area contributed by atoms with Gasteiger partial charge in [-0.1, -0.05) is 13.8 Å². The lowest BCUT2D eigenvalue weighted by Gasteiger charge is -2.13. The van der Waals surface area contributed by atoms with E-state index in [4.69, 9.17) is 10.5 Å². The second-order valence-electron chi connectivity index (χ2n) is 4.77. The zero-order chi connectivity index (χ0) is 14.4. The fourth-order valence-corrected chi connectivity index (χ4v) is 1.58. The number of nitro groups is 1. The standard InChI is InChI=1S/C13H18N2O4/c1-9(2)7-12(14)13(16)19-8-10-3-5-11(6-4-10)15(17)18/h3-6,9,12H,7-8,14H2,1-2H3/t12-/m0/s1. The summed E-state index contributed by atoms with van der Waals surface area (Å²) in [6, 6.07) is 5.23. The second-order valence-corrected chi connectivity index (χ2v) is 4.77. The maximum atomic E-state index is 11.6. The molecule has 0 saturated heterocycles. The summed E-state index contributed by atoms with van der Waals surface area (Å²) in [4.78, 5) is 21.6. The van der Waals surface area contributed by atoms with Crippen LogP contribution in [0.4, 0.5) is 5.69 Å². The summed E-state index contributed by atoms with van der Waals surface area (Å²) in [7, 11) is 0. The average Bonchev–Trinajstić information content (AvgIpc) is 2.35. The number of ether oxygens (including phenoxy) is 1. The summed E-state index contributed by atoms with van der Waals surface area (Å²) >= 11 is 0. The maximum absolute atomic E-state index is 11.6. The first-order chi connectivity index (χ1) is 8.90. The van der Waals surface area contributed by atoms with Gasteiger partial charge in [0.05, 0.1) is 4.92 Å². The lowest BCUT2D eigenvalue weighted by atomic mass is 10.1. The van der Waals surface area contributed by atoms with E-state index >= 15 is 0 Å². The molecule has 0 aliphatic rings. The maximum Gasteiger partial charge on any atom is 0.323 e. The van der Waals surface area contributed by atoms with Crippen molar-refractivity contribution in [3.05, 3.63) is 39.9 Å². The summed E-state index contributed by atoms with van der Waals surface area (Å²) in [5.41, 5.74) is 6.38. The van der Waals surface area contributed by atoms with E-state index < -0.39 is 16.9 Å². The van der Waals surface area contributed by atoms with Gasteiger partial charge in [-0.05, 0) is 30.0 Å². The van der Waals surface area contributed by atoms with Gasteiger partial charge < -0.3 is 10.5 Å². The van der Waals surface area contributed by atoms with Gasteiger partial charge in [0.2, 0.25) is 0 Å². The Bertz CT molecular complexity index is 442. The Morgan fingerprint density at radius 3 is 2.42 bits per heavy atom. The molecule has 2 N–H and O–H groups in total. The Kier molecular flexibility index (Phi) is 5.44. The number of nitrogens with zero attached hydrogens (tertiary/aromatic N) is 1. The van der Waals surface area contributed by atoms with Crippen LogP contribution in [0.15, 0.2) is 24.3 Å². The first kappa shape index (κ1) is 15.1. The fourth-order valence-electron chi connectivity index (χ4n) is 1.58. The van der Waals surface area contributed by atoms with Gasteiger partial charge >= 0.3 is 5.97 Å². The number of hydrogen-bond acceptors (Lipinski definition) is 5. The predicted molar refractivity (Wildman–Crippen MR) is 70.3 cm³/mol. The molecule has 6 heteroatoms. The molecule has 0 fully saturated rings. The Balaban J connectivity index is 2.48. The van der Waals surface area contributed by atoms with E-state index in [0.717, 1.165) is 0 Å². The molecule has 0 spiro atoms. The number of rotatable bonds is 6. The SMILES string of the molecule is CC(C)C[C@H](N)C(=O)OCc1ccc([N+](=O)[O-])cc1. The van der Waals surface area contributed by atoms with Crippen molar-refractivity contribution in [2.75, 3.05) is 0 Å². The van der Waals surface area contributed by atoms with E-state index in [0.29, 0.717) is 17.9 Å². The van der Waals surface area contributed by atoms with Crippen LogP contribution in [0.2, 0.25) is 0 Å². The third-order valence-corrected chi connectivity index (χ3v) is 2.56.